The summed E-state index contributed by atoms with van der Waals surface area (Å²) in [5, 5.41) is 0.832. The maximum atomic E-state index is 4.32. The number of benzene rings is 1. The second kappa shape index (κ2) is 3.03. The molecule has 1 heterocycles. The molecule has 3 heteroatoms. The number of fused-ring (bicyclic) bond motifs is 1. The van der Waals surface area contributed by atoms with Crippen LogP contribution in [0, 0.1) is 0 Å². The third kappa shape index (κ3) is 1.23. The van der Waals surface area contributed by atoms with Crippen LogP contribution in [0.1, 0.15) is 6.92 Å². The van der Waals surface area contributed by atoms with E-state index in [9.17, 15) is 0 Å². The molecular weight excluding hydrogens is 168 g/mol. The van der Waals surface area contributed by atoms with E-state index < -0.39 is 0 Å². The SMILES string of the molecule is C/C=N\c1nc2ccccc2s1. The van der Waals surface area contributed by atoms with Crippen LogP contribution >= 0.6 is 11.3 Å². The minimum absolute atomic E-state index is 0.832. The largest absolute Gasteiger partial charge is 0.232 e. The molecule has 0 atom stereocenters. The Balaban J connectivity index is 2.62. The van der Waals surface area contributed by atoms with Gasteiger partial charge in [0, 0.05) is 6.21 Å². The van der Waals surface area contributed by atoms with Crippen molar-refractivity contribution in [1.29, 1.82) is 0 Å². The predicted octanol–water partition coefficient (Wildman–Crippen LogP) is 3.02. The molecule has 2 rings (SSSR count). The Morgan fingerprint density at radius 3 is 3.00 bits per heavy atom. The summed E-state index contributed by atoms with van der Waals surface area (Å²) in [4.78, 5) is 8.45. The smallest absolute Gasteiger partial charge is 0.209 e. The van der Waals surface area contributed by atoms with Gasteiger partial charge in [0.2, 0.25) is 5.13 Å². The number of hydrogen-bond donors (Lipinski definition) is 0. The Bertz CT molecular complexity index is 384. The van der Waals surface area contributed by atoms with Gasteiger partial charge in [-0.15, -0.1) is 0 Å². The second-order valence-electron chi connectivity index (χ2n) is 2.35. The van der Waals surface area contributed by atoms with E-state index in [1.54, 1.807) is 17.6 Å². The van der Waals surface area contributed by atoms with Crippen molar-refractivity contribution in [1.82, 2.24) is 4.98 Å². The molecule has 0 amide bonds. The molecule has 0 aliphatic carbocycles. The predicted molar refractivity (Wildman–Crippen MR) is 53.4 cm³/mol. The van der Waals surface area contributed by atoms with Gasteiger partial charge in [0.25, 0.3) is 0 Å². The topological polar surface area (TPSA) is 25.2 Å². The van der Waals surface area contributed by atoms with Crippen molar-refractivity contribution in [3.8, 4) is 0 Å². The average Bonchev–Trinajstić information content (AvgIpc) is 2.47. The van der Waals surface area contributed by atoms with E-state index >= 15 is 0 Å². The van der Waals surface area contributed by atoms with E-state index in [1.165, 1.54) is 4.70 Å². The normalized spacial score (nSPS) is 11.4. The van der Waals surface area contributed by atoms with Gasteiger partial charge in [-0.05, 0) is 19.1 Å². The van der Waals surface area contributed by atoms with Gasteiger partial charge in [-0.2, -0.15) is 0 Å². The average molecular weight is 176 g/mol. The van der Waals surface area contributed by atoms with Crippen molar-refractivity contribution in [2.24, 2.45) is 4.99 Å². The quantitative estimate of drug-likeness (QED) is 0.613. The summed E-state index contributed by atoms with van der Waals surface area (Å²) >= 11 is 1.61. The summed E-state index contributed by atoms with van der Waals surface area (Å²) in [6, 6.07) is 8.06. The van der Waals surface area contributed by atoms with Crippen LogP contribution < -0.4 is 0 Å². The zero-order chi connectivity index (χ0) is 8.39. The first kappa shape index (κ1) is 7.43. The van der Waals surface area contributed by atoms with Crippen LogP contribution in [0.3, 0.4) is 0 Å². The molecule has 0 spiro atoms. The van der Waals surface area contributed by atoms with Crippen molar-refractivity contribution < 1.29 is 0 Å². The molecule has 0 fully saturated rings. The van der Waals surface area contributed by atoms with Crippen LogP contribution in [-0.2, 0) is 0 Å². The fourth-order valence-electron chi connectivity index (χ4n) is 1.03. The number of rotatable bonds is 1. The van der Waals surface area contributed by atoms with Crippen molar-refractivity contribution in [3.63, 3.8) is 0 Å². The first-order valence-electron chi connectivity index (χ1n) is 3.74. The van der Waals surface area contributed by atoms with Crippen molar-refractivity contribution >= 4 is 32.9 Å². The zero-order valence-electron chi connectivity index (χ0n) is 6.69. The van der Waals surface area contributed by atoms with E-state index in [2.05, 4.69) is 16.0 Å². The van der Waals surface area contributed by atoms with Gasteiger partial charge >= 0.3 is 0 Å². The third-order valence-corrected chi connectivity index (χ3v) is 2.47. The highest BCUT2D eigenvalue weighted by atomic mass is 32.1. The molecule has 60 valence electrons. The Morgan fingerprint density at radius 1 is 1.42 bits per heavy atom. The lowest BCUT2D eigenvalue weighted by Gasteiger charge is -1.80. The first-order valence-corrected chi connectivity index (χ1v) is 4.56. The van der Waals surface area contributed by atoms with E-state index in [0.717, 1.165) is 10.6 Å². The summed E-state index contributed by atoms with van der Waals surface area (Å²) in [5.41, 5.74) is 1.03. The van der Waals surface area contributed by atoms with Gasteiger partial charge in [0.05, 0.1) is 10.2 Å². The Morgan fingerprint density at radius 2 is 2.25 bits per heavy atom. The van der Waals surface area contributed by atoms with E-state index in [4.69, 9.17) is 0 Å². The van der Waals surface area contributed by atoms with Crippen LogP contribution in [0.4, 0.5) is 5.13 Å². The number of thiazole rings is 1. The van der Waals surface area contributed by atoms with E-state index in [1.807, 2.05) is 25.1 Å². The fourth-order valence-corrected chi connectivity index (χ4v) is 1.89. The number of hydrogen-bond acceptors (Lipinski definition) is 3. The fraction of sp³-hybridized carbons (Fsp3) is 0.111. The number of aromatic nitrogens is 1. The summed E-state index contributed by atoms with van der Waals surface area (Å²) in [5.74, 6) is 0. The highest BCUT2D eigenvalue weighted by Crippen LogP contribution is 2.26. The maximum absolute atomic E-state index is 4.32. The van der Waals surface area contributed by atoms with Gasteiger partial charge in [0.1, 0.15) is 0 Å². The molecule has 0 bridgehead atoms. The molecule has 0 saturated carbocycles. The molecule has 2 aromatic rings. The molecule has 0 aliphatic rings. The van der Waals surface area contributed by atoms with Gasteiger partial charge < -0.3 is 0 Å². The molecule has 0 N–H and O–H groups in total. The molecule has 2 nitrogen and oxygen atoms in total. The zero-order valence-corrected chi connectivity index (χ0v) is 7.51. The Labute approximate surface area is 74.6 Å². The molecule has 1 aromatic carbocycles. The van der Waals surface area contributed by atoms with Crippen molar-refractivity contribution in [2.45, 2.75) is 6.92 Å². The van der Waals surface area contributed by atoms with Gasteiger partial charge in [-0.1, -0.05) is 23.5 Å². The van der Waals surface area contributed by atoms with Gasteiger partial charge in [0.15, 0.2) is 0 Å². The molecule has 0 unspecified atom stereocenters. The highest BCUT2D eigenvalue weighted by Gasteiger charge is 1.98. The molecule has 0 aliphatic heterocycles. The highest BCUT2D eigenvalue weighted by molar-refractivity contribution is 7.21. The van der Waals surface area contributed by atoms with E-state index in [-0.39, 0.29) is 0 Å². The molecule has 12 heavy (non-hydrogen) atoms. The van der Waals surface area contributed by atoms with Crippen molar-refractivity contribution in [2.75, 3.05) is 0 Å². The second-order valence-corrected chi connectivity index (χ2v) is 3.36. The number of aliphatic imine (C=N–C) groups is 1. The Kier molecular flexibility index (Phi) is 1.87. The van der Waals surface area contributed by atoms with Gasteiger partial charge in [-0.25, -0.2) is 9.98 Å². The lowest BCUT2D eigenvalue weighted by Crippen LogP contribution is -1.64. The van der Waals surface area contributed by atoms with Crippen LogP contribution in [0.2, 0.25) is 0 Å². The standard InChI is InChI=1S/C9H8N2S/c1-2-10-9-11-7-5-3-4-6-8(7)12-9/h2-6H,1H3/b10-2-. The summed E-state index contributed by atoms with van der Waals surface area (Å²) in [7, 11) is 0. The number of para-hydroxylation sites is 1. The molecule has 0 radical (unpaired) electrons. The number of nitrogens with zero attached hydrogens (tertiary/aromatic N) is 2. The van der Waals surface area contributed by atoms with Crippen LogP contribution in [-0.4, -0.2) is 11.2 Å². The monoisotopic (exact) mass is 176 g/mol. The lowest BCUT2D eigenvalue weighted by molar-refractivity contribution is 1.41. The molecule has 1 aromatic heterocycles. The third-order valence-electron chi connectivity index (χ3n) is 1.52. The van der Waals surface area contributed by atoms with Crippen LogP contribution in [0.15, 0.2) is 29.3 Å². The van der Waals surface area contributed by atoms with Crippen molar-refractivity contribution in [3.05, 3.63) is 24.3 Å². The minimum atomic E-state index is 0.832. The van der Waals surface area contributed by atoms with Crippen LogP contribution in [0.25, 0.3) is 10.2 Å². The molecular formula is C9H8N2S. The summed E-state index contributed by atoms with van der Waals surface area (Å²) in [6.07, 6.45) is 1.76. The van der Waals surface area contributed by atoms with E-state index in [0.29, 0.717) is 0 Å². The summed E-state index contributed by atoms with van der Waals surface area (Å²) in [6.45, 7) is 1.89. The Hall–Kier alpha value is -1.22. The first-order chi connectivity index (χ1) is 5.90. The minimum Gasteiger partial charge on any atom is -0.232 e. The lowest BCUT2D eigenvalue weighted by atomic mass is 10.3. The maximum Gasteiger partial charge on any atom is 0.209 e. The van der Waals surface area contributed by atoms with Crippen LogP contribution in [0.5, 0.6) is 0 Å². The summed E-state index contributed by atoms with van der Waals surface area (Å²) < 4.78 is 1.19. The van der Waals surface area contributed by atoms with Gasteiger partial charge in [-0.3, -0.25) is 0 Å². The molecule has 0 saturated heterocycles.